The monoisotopic (exact) mass is 341 g/mol. The normalized spacial score (nSPS) is 10.4. The maximum absolute atomic E-state index is 13.0. The number of nitrogens with two attached hydrogens (primary N) is 1. The van der Waals surface area contributed by atoms with Crippen LogP contribution in [0.15, 0.2) is 66.7 Å². The van der Waals surface area contributed by atoms with Crippen molar-refractivity contribution in [2.75, 3.05) is 0 Å². The molecule has 0 atom stereocenters. The maximum Gasteiger partial charge on any atom is 0.254 e. The van der Waals surface area contributed by atoms with E-state index in [2.05, 4.69) is 0 Å². The van der Waals surface area contributed by atoms with Crippen LogP contribution in [0.2, 0.25) is 5.02 Å². The van der Waals surface area contributed by atoms with Gasteiger partial charge in [-0.15, -0.1) is 0 Å². The van der Waals surface area contributed by atoms with Gasteiger partial charge in [-0.1, -0.05) is 41.9 Å². The molecule has 3 nitrogen and oxygen atoms in total. The second-order valence-corrected chi connectivity index (χ2v) is 5.46. The number of amides is 1. The quantitative estimate of drug-likeness (QED) is 0.723. The molecule has 0 saturated heterocycles. The fraction of sp³-hybridized carbons (Fsp3) is 0. The summed E-state index contributed by atoms with van der Waals surface area (Å²) < 4.78 is 18.6. The van der Waals surface area contributed by atoms with Gasteiger partial charge in [0.1, 0.15) is 22.9 Å². The van der Waals surface area contributed by atoms with E-state index in [9.17, 15) is 9.18 Å². The molecule has 2 N–H and O–H groups in total. The highest BCUT2D eigenvalue weighted by Crippen LogP contribution is 2.37. The topological polar surface area (TPSA) is 52.3 Å². The van der Waals surface area contributed by atoms with E-state index in [1.165, 1.54) is 24.3 Å². The van der Waals surface area contributed by atoms with E-state index >= 15 is 0 Å². The molecular weight excluding hydrogens is 329 g/mol. The Labute approximate surface area is 143 Å². The number of carbonyl (C=O) groups is 1. The van der Waals surface area contributed by atoms with Crippen molar-refractivity contribution < 1.29 is 13.9 Å². The van der Waals surface area contributed by atoms with Crippen molar-refractivity contribution >= 4 is 17.5 Å². The highest BCUT2D eigenvalue weighted by atomic mass is 35.5. The van der Waals surface area contributed by atoms with E-state index in [0.29, 0.717) is 11.3 Å². The van der Waals surface area contributed by atoms with Crippen LogP contribution < -0.4 is 10.5 Å². The van der Waals surface area contributed by atoms with Gasteiger partial charge in [-0.05, 0) is 42.0 Å². The predicted molar refractivity (Wildman–Crippen MR) is 91.9 cm³/mol. The molecule has 3 aromatic rings. The summed E-state index contributed by atoms with van der Waals surface area (Å²) in [5.41, 5.74) is 7.10. The van der Waals surface area contributed by atoms with Gasteiger partial charge in [0.2, 0.25) is 0 Å². The Bertz CT molecular complexity index is 880. The number of hydrogen-bond acceptors (Lipinski definition) is 2. The summed E-state index contributed by atoms with van der Waals surface area (Å²) in [5, 5.41) is 0.216. The number of ether oxygens (including phenoxy) is 1. The molecular formula is C19H13ClFNO2. The first-order valence-electron chi connectivity index (χ1n) is 7.17. The van der Waals surface area contributed by atoms with Crippen LogP contribution in [0.5, 0.6) is 11.5 Å². The Balaban J connectivity index is 2.06. The van der Waals surface area contributed by atoms with Crippen molar-refractivity contribution in [3.8, 4) is 22.6 Å². The Morgan fingerprint density at radius 3 is 2.25 bits per heavy atom. The van der Waals surface area contributed by atoms with E-state index in [1.54, 1.807) is 12.1 Å². The van der Waals surface area contributed by atoms with Gasteiger partial charge in [0, 0.05) is 5.56 Å². The molecule has 0 bridgehead atoms. The van der Waals surface area contributed by atoms with Crippen molar-refractivity contribution in [2.24, 2.45) is 5.73 Å². The Kier molecular flexibility index (Phi) is 4.49. The van der Waals surface area contributed by atoms with E-state index < -0.39 is 5.91 Å². The Morgan fingerprint density at radius 2 is 1.62 bits per heavy atom. The minimum Gasteiger partial charge on any atom is -0.456 e. The average Bonchev–Trinajstić information content (AvgIpc) is 2.57. The summed E-state index contributed by atoms with van der Waals surface area (Å²) in [5.74, 6) is -0.481. The minimum absolute atomic E-state index is 0.0855. The molecule has 0 saturated carbocycles. The third-order valence-corrected chi connectivity index (χ3v) is 3.87. The number of carbonyl (C=O) groups excluding carboxylic acids is 1. The van der Waals surface area contributed by atoms with Crippen molar-refractivity contribution in [1.82, 2.24) is 0 Å². The lowest BCUT2D eigenvalue weighted by Crippen LogP contribution is -2.13. The summed E-state index contributed by atoms with van der Waals surface area (Å²) in [6, 6.07) is 18.2. The van der Waals surface area contributed by atoms with Crippen molar-refractivity contribution in [3.05, 3.63) is 83.1 Å². The lowest BCUT2D eigenvalue weighted by molar-refractivity contribution is 0.0998. The summed E-state index contributed by atoms with van der Waals surface area (Å²) >= 11 is 6.39. The summed E-state index contributed by atoms with van der Waals surface area (Å²) in [6.07, 6.45) is 0. The summed E-state index contributed by atoms with van der Waals surface area (Å²) in [7, 11) is 0. The van der Waals surface area contributed by atoms with Gasteiger partial charge >= 0.3 is 0 Å². The van der Waals surface area contributed by atoms with Crippen LogP contribution in [0.4, 0.5) is 4.39 Å². The minimum atomic E-state index is -0.699. The van der Waals surface area contributed by atoms with Crippen LogP contribution in [0.25, 0.3) is 11.1 Å². The molecule has 24 heavy (non-hydrogen) atoms. The largest absolute Gasteiger partial charge is 0.456 e. The van der Waals surface area contributed by atoms with Crippen LogP contribution in [-0.2, 0) is 0 Å². The Morgan fingerprint density at radius 1 is 0.958 bits per heavy atom. The van der Waals surface area contributed by atoms with Crippen LogP contribution in [0.3, 0.4) is 0 Å². The molecule has 3 rings (SSSR count). The molecule has 1 amide bonds. The van der Waals surface area contributed by atoms with Gasteiger partial charge in [-0.3, -0.25) is 4.79 Å². The average molecular weight is 342 g/mol. The molecule has 0 fully saturated rings. The number of rotatable bonds is 4. The number of benzene rings is 3. The van der Waals surface area contributed by atoms with Crippen LogP contribution in [0, 0.1) is 5.82 Å². The molecule has 0 aliphatic rings. The fourth-order valence-electron chi connectivity index (χ4n) is 2.34. The highest BCUT2D eigenvalue weighted by Gasteiger charge is 2.19. The standard InChI is InChI=1S/C19H13ClFNO2/c20-18-15(12-4-2-1-3-5-12)10-11-16(17(18)19(22)23)24-14-8-6-13(21)7-9-14/h1-11H,(H2,22,23). The number of halogens is 2. The molecule has 0 unspecified atom stereocenters. The van der Waals surface area contributed by atoms with Gasteiger partial charge in [-0.2, -0.15) is 0 Å². The molecule has 120 valence electrons. The summed E-state index contributed by atoms with van der Waals surface area (Å²) in [4.78, 5) is 11.9. The third kappa shape index (κ3) is 3.24. The van der Waals surface area contributed by atoms with E-state index in [4.69, 9.17) is 22.1 Å². The smallest absolute Gasteiger partial charge is 0.254 e. The van der Waals surface area contributed by atoms with Crippen LogP contribution in [0.1, 0.15) is 10.4 Å². The molecule has 0 spiro atoms. The second kappa shape index (κ2) is 6.72. The van der Waals surface area contributed by atoms with Gasteiger partial charge in [0.15, 0.2) is 0 Å². The van der Waals surface area contributed by atoms with Crippen molar-refractivity contribution in [1.29, 1.82) is 0 Å². The van der Waals surface area contributed by atoms with Gasteiger partial charge in [0.25, 0.3) is 5.91 Å². The predicted octanol–water partition coefficient (Wildman–Crippen LogP) is 5.04. The first-order valence-corrected chi connectivity index (χ1v) is 7.55. The Hall–Kier alpha value is -2.85. The zero-order valence-corrected chi connectivity index (χ0v) is 13.3. The highest BCUT2D eigenvalue weighted by molar-refractivity contribution is 6.36. The first-order chi connectivity index (χ1) is 11.6. The lowest BCUT2D eigenvalue weighted by atomic mass is 10.0. The molecule has 0 aromatic heterocycles. The van der Waals surface area contributed by atoms with Crippen molar-refractivity contribution in [2.45, 2.75) is 0 Å². The second-order valence-electron chi connectivity index (χ2n) is 5.09. The molecule has 5 heteroatoms. The van der Waals surface area contributed by atoms with E-state index in [0.717, 1.165) is 5.56 Å². The third-order valence-electron chi connectivity index (χ3n) is 3.48. The first kappa shape index (κ1) is 16.0. The van der Waals surface area contributed by atoms with E-state index in [1.807, 2.05) is 30.3 Å². The van der Waals surface area contributed by atoms with Crippen LogP contribution >= 0.6 is 11.6 Å². The SMILES string of the molecule is NC(=O)c1c(Oc2ccc(F)cc2)ccc(-c2ccccc2)c1Cl. The van der Waals surface area contributed by atoms with Crippen LogP contribution in [-0.4, -0.2) is 5.91 Å². The maximum atomic E-state index is 13.0. The van der Waals surface area contributed by atoms with Gasteiger partial charge in [0.05, 0.1) is 5.02 Å². The summed E-state index contributed by atoms with van der Waals surface area (Å²) in [6.45, 7) is 0. The molecule has 0 aliphatic carbocycles. The van der Waals surface area contributed by atoms with Gasteiger partial charge in [-0.25, -0.2) is 4.39 Å². The lowest BCUT2D eigenvalue weighted by Gasteiger charge is -2.14. The number of primary amides is 1. The molecule has 0 aliphatic heterocycles. The molecule has 0 radical (unpaired) electrons. The zero-order chi connectivity index (χ0) is 17.1. The number of hydrogen-bond donors (Lipinski definition) is 1. The zero-order valence-electron chi connectivity index (χ0n) is 12.5. The molecule has 3 aromatic carbocycles. The molecule has 0 heterocycles. The van der Waals surface area contributed by atoms with E-state index in [-0.39, 0.29) is 22.2 Å². The van der Waals surface area contributed by atoms with Gasteiger partial charge < -0.3 is 10.5 Å². The fourth-order valence-corrected chi connectivity index (χ4v) is 2.70. The van der Waals surface area contributed by atoms with Crippen molar-refractivity contribution in [3.63, 3.8) is 0 Å².